The number of nitrogens with zero attached hydrogens (tertiary/aromatic N) is 2. The van der Waals surface area contributed by atoms with Gasteiger partial charge in [0.1, 0.15) is 5.60 Å². The van der Waals surface area contributed by atoms with Crippen LogP contribution in [0, 0.1) is 13.8 Å². The van der Waals surface area contributed by atoms with Gasteiger partial charge in [0.05, 0.1) is 5.56 Å². The van der Waals surface area contributed by atoms with E-state index in [0.717, 1.165) is 42.6 Å². The molecule has 1 atom stereocenters. The Morgan fingerprint density at radius 3 is 2.76 bits per heavy atom. The lowest BCUT2D eigenvalue weighted by molar-refractivity contribution is -0.0770. The molecule has 0 radical (unpaired) electrons. The van der Waals surface area contributed by atoms with E-state index in [4.69, 9.17) is 15.0 Å². The molecule has 1 fully saturated rings. The Morgan fingerprint density at radius 2 is 2.05 bits per heavy atom. The van der Waals surface area contributed by atoms with E-state index in [1.807, 2.05) is 32.9 Å². The monoisotopic (exact) mass is 287 g/mol. The number of anilines is 1. The van der Waals surface area contributed by atoms with Crippen LogP contribution in [0.4, 0.5) is 5.69 Å². The zero-order chi connectivity index (χ0) is 15.0. The predicted molar refractivity (Wildman–Crippen MR) is 80.8 cm³/mol. The van der Waals surface area contributed by atoms with Crippen LogP contribution in [0.15, 0.2) is 16.7 Å². The molecule has 5 heteroatoms. The molecule has 0 saturated carbocycles. The van der Waals surface area contributed by atoms with E-state index in [9.17, 15) is 0 Å². The first-order chi connectivity index (χ1) is 9.99. The van der Waals surface area contributed by atoms with Crippen molar-refractivity contribution in [1.29, 1.82) is 0 Å². The Kier molecular flexibility index (Phi) is 3.45. The Bertz CT molecular complexity index is 658. The Labute approximate surface area is 124 Å². The number of aromatic nitrogens is 2. The van der Waals surface area contributed by atoms with Crippen LogP contribution in [-0.2, 0) is 10.3 Å². The molecule has 0 aliphatic carbocycles. The molecule has 2 aromatic rings. The van der Waals surface area contributed by atoms with Gasteiger partial charge in [-0.05, 0) is 57.2 Å². The van der Waals surface area contributed by atoms with Crippen molar-refractivity contribution in [2.24, 2.45) is 0 Å². The second-order valence-corrected chi connectivity index (χ2v) is 6.00. The number of hydrogen-bond donors (Lipinski definition) is 1. The average molecular weight is 287 g/mol. The number of nitrogen functional groups attached to an aromatic ring is 1. The number of nitrogens with two attached hydrogens (primary N) is 1. The number of aryl methyl sites for hydroxylation is 2. The average Bonchev–Trinajstić information content (AvgIpc) is 2.94. The Morgan fingerprint density at radius 1 is 1.24 bits per heavy atom. The van der Waals surface area contributed by atoms with Crippen molar-refractivity contribution in [2.45, 2.75) is 45.6 Å². The predicted octanol–water partition coefficient (Wildman–Crippen LogP) is 3.35. The lowest BCUT2D eigenvalue weighted by Gasteiger charge is -2.30. The van der Waals surface area contributed by atoms with Crippen LogP contribution in [-0.4, -0.2) is 16.7 Å². The van der Waals surface area contributed by atoms with Crippen LogP contribution in [0.25, 0.3) is 11.5 Å². The first-order valence-corrected chi connectivity index (χ1v) is 7.35. The van der Waals surface area contributed by atoms with Crippen LogP contribution in [0.5, 0.6) is 0 Å². The van der Waals surface area contributed by atoms with Gasteiger partial charge in [-0.1, -0.05) is 11.2 Å². The van der Waals surface area contributed by atoms with Crippen molar-refractivity contribution in [3.05, 3.63) is 29.1 Å². The van der Waals surface area contributed by atoms with Gasteiger partial charge in [0.25, 0.3) is 5.89 Å². The smallest absolute Gasteiger partial charge is 0.260 e. The van der Waals surface area contributed by atoms with Crippen LogP contribution in [0.3, 0.4) is 0 Å². The maximum absolute atomic E-state index is 6.15. The summed E-state index contributed by atoms with van der Waals surface area (Å²) in [5.41, 5.74) is 9.32. The van der Waals surface area contributed by atoms with E-state index in [-0.39, 0.29) is 0 Å². The van der Waals surface area contributed by atoms with Gasteiger partial charge in [0.2, 0.25) is 5.82 Å². The van der Waals surface area contributed by atoms with Crippen LogP contribution in [0.2, 0.25) is 0 Å². The van der Waals surface area contributed by atoms with Gasteiger partial charge in [0, 0.05) is 12.3 Å². The molecule has 1 aromatic carbocycles. The molecular weight excluding hydrogens is 266 g/mol. The minimum Gasteiger partial charge on any atom is -0.398 e. The topological polar surface area (TPSA) is 74.2 Å². The third-order valence-corrected chi connectivity index (χ3v) is 4.13. The van der Waals surface area contributed by atoms with Crippen molar-refractivity contribution < 1.29 is 9.26 Å². The highest BCUT2D eigenvalue weighted by Gasteiger charge is 2.35. The summed E-state index contributed by atoms with van der Waals surface area (Å²) in [7, 11) is 0. The van der Waals surface area contributed by atoms with Crippen LogP contribution >= 0.6 is 0 Å². The molecule has 5 nitrogen and oxygen atoms in total. The molecule has 1 unspecified atom stereocenters. The third-order valence-electron chi connectivity index (χ3n) is 4.13. The van der Waals surface area contributed by atoms with E-state index in [1.54, 1.807) is 0 Å². The van der Waals surface area contributed by atoms with Crippen molar-refractivity contribution in [1.82, 2.24) is 10.1 Å². The SMILES string of the molecule is Cc1cc(C)c(N)c(-c2nc(C3(C)CCCCO3)no2)c1. The first kappa shape index (κ1) is 14.1. The highest BCUT2D eigenvalue weighted by atomic mass is 16.5. The summed E-state index contributed by atoms with van der Waals surface area (Å²) in [6, 6.07) is 4.02. The van der Waals surface area contributed by atoms with Crippen molar-refractivity contribution in [2.75, 3.05) is 12.3 Å². The number of rotatable bonds is 2. The molecule has 21 heavy (non-hydrogen) atoms. The van der Waals surface area contributed by atoms with Crippen LogP contribution < -0.4 is 5.73 Å². The molecule has 0 amide bonds. The molecule has 1 aliphatic heterocycles. The Hall–Kier alpha value is -1.88. The quantitative estimate of drug-likeness (QED) is 0.857. The maximum Gasteiger partial charge on any atom is 0.260 e. The van der Waals surface area contributed by atoms with Crippen molar-refractivity contribution in [3.8, 4) is 11.5 Å². The minimum absolute atomic E-state index is 0.451. The van der Waals surface area contributed by atoms with E-state index in [2.05, 4.69) is 10.1 Å². The molecule has 1 saturated heterocycles. The fourth-order valence-electron chi connectivity index (χ4n) is 2.81. The van der Waals surface area contributed by atoms with Crippen LogP contribution in [0.1, 0.15) is 43.1 Å². The van der Waals surface area contributed by atoms with E-state index >= 15 is 0 Å². The second-order valence-electron chi connectivity index (χ2n) is 6.00. The molecule has 2 heterocycles. The van der Waals surface area contributed by atoms with Crippen molar-refractivity contribution >= 4 is 5.69 Å². The molecule has 3 rings (SSSR count). The number of ether oxygens (including phenoxy) is 1. The van der Waals surface area contributed by atoms with Gasteiger partial charge in [-0.25, -0.2) is 0 Å². The third kappa shape index (κ3) is 2.53. The molecule has 112 valence electrons. The zero-order valence-corrected chi connectivity index (χ0v) is 12.8. The van der Waals surface area contributed by atoms with Gasteiger partial charge in [-0.2, -0.15) is 4.98 Å². The summed E-state index contributed by atoms with van der Waals surface area (Å²) in [6.07, 6.45) is 3.12. The standard InChI is InChI=1S/C16H21N3O2/c1-10-8-11(2)13(17)12(9-10)14-18-15(19-21-14)16(3)6-4-5-7-20-16/h8-9H,4-7,17H2,1-3H3. The molecule has 2 N–H and O–H groups in total. The fourth-order valence-corrected chi connectivity index (χ4v) is 2.81. The van der Waals surface area contributed by atoms with E-state index < -0.39 is 5.60 Å². The van der Waals surface area contributed by atoms with Gasteiger partial charge in [-0.15, -0.1) is 0 Å². The van der Waals surface area contributed by atoms with Gasteiger partial charge < -0.3 is 15.0 Å². The first-order valence-electron chi connectivity index (χ1n) is 7.35. The van der Waals surface area contributed by atoms with Crippen molar-refractivity contribution in [3.63, 3.8) is 0 Å². The van der Waals surface area contributed by atoms with E-state index in [1.165, 1.54) is 0 Å². The number of benzene rings is 1. The summed E-state index contributed by atoms with van der Waals surface area (Å²) in [4.78, 5) is 4.54. The zero-order valence-electron chi connectivity index (χ0n) is 12.8. The summed E-state index contributed by atoms with van der Waals surface area (Å²) in [5.74, 6) is 1.07. The lowest BCUT2D eigenvalue weighted by atomic mass is 9.95. The van der Waals surface area contributed by atoms with Gasteiger partial charge in [0.15, 0.2) is 0 Å². The highest BCUT2D eigenvalue weighted by molar-refractivity contribution is 5.74. The fraction of sp³-hybridized carbons (Fsp3) is 0.500. The normalized spacial score (nSPS) is 22.4. The Balaban J connectivity index is 1.99. The molecule has 0 spiro atoms. The molecule has 1 aliphatic rings. The molecule has 1 aromatic heterocycles. The van der Waals surface area contributed by atoms with Gasteiger partial charge >= 0.3 is 0 Å². The summed E-state index contributed by atoms with van der Waals surface area (Å²) >= 11 is 0. The number of hydrogen-bond acceptors (Lipinski definition) is 5. The highest BCUT2D eigenvalue weighted by Crippen LogP contribution is 2.35. The molecular formula is C16H21N3O2. The summed E-state index contributed by atoms with van der Waals surface area (Å²) in [6.45, 7) is 6.77. The summed E-state index contributed by atoms with van der Waals surface area (Å²) in [5, 5.41) is 4.12. The summed E-state index contributed by atoms with van der Waals surface area (Å²) < 4.78 is 11.3. The maximum atomic E-state index is 6.15. The van der Waals surface area contributed by atoms with Gasteiger partial charge in [-0.3, -0.25) is 0 Å². The minimum atomic E-state index is -0.451. The van der Waals surface area contributed by atoms with E-state index in [0.29, 0.717) is 17.4 Å². The second kappa shape index (κ2) is 5.15. The lowest BCUT2D eigenvalue weighted by Crippen LogP contribution is -2.31. The molecule has 0 bridgehead atoms. The largest absolute Gasteiger partial charge is 0.398 e.